The first-order chi connectivity index (χ1) is 2.27. The molecule has 0 atom stereocenters. The summed E-state index contributed by atoms with van der Waals surface area (Å²) in [6.07, 6.45) is 0. The van der Waals surface area contributed by atoms with Crippen molar-refractivity contribution in [1.29, 1.82) is 0 Å². The van der Waals surface area contributed by atoms with Crippen LogP contribution in [-0.4, -0.2) is 7.42 Å². The molecule has 0 bridgehead atoms. The third-order valence-corrected chi connectivity index (χ3v) is 2.41. The molecular weight excluding hydrogens is 123 g/mol. The van der Waals surface area contributed by atoms with E-state index in [0.717, 1.165) is 6.04 Å². The predicted octanol–water partition coefficient (Wildman–Crippen LogP) is 1.97. The lowest BCUT2D eigenvalue weighted by Gasteiger charge is -1.79. The van der Waals surface area contributed by atoms with Crippen LogP contribution in [0.1, 0.15) is 6.92 Å². The molecule has 0 aromatic carbocycles. The van der Waals surface area contributed by atoms with E-state index >= 15 is 0 Å². The average molecular weight is 128 g/mol. The quantitative estimate of drug-likeness (QED) is 0.374. The molecule has 31 valence electrons. The summed E-state index contributed by atoms with van der Waals surface area (Å²) in [6, 6.07) is 0.938. The molecule has 0 amide bonds. The van der Waals surface area contributed by atoms with Gasteiger partial charge in [-0.05, 0) is 6.04 Å². The van der Waals surface area contributed by atoms with Crippen molar-refractivity contribution >= 4 is 29.6 Å². The Balaban J connectivity index is 2.54. The molecule has 0 nitrogen and oxygen atoms in total. The molecule has 0 unspecified atom stereocenters. The normalized spacial score (nSPS) is 9.60. The summed E-state index contributed by atoms with van der Waals surface area (Å²) in [4.78, 5) is 0. The van der Waals surface area contributed by atoms with Crippen LogP contribution in [0, 0.1) is 0 Å². The molecule has 0 aromatic heterocycles. The molecule has 0 aliphatic heterocycles. The van der Waals surface area contributed by atoms with Crippen LogP contribution < -0.4 is 0 Å². The minimum absolute atomic E-state index is 0.930. The third kappa shape index (κ3) is 4.80. The van der Waals surface area contributed by atoms with Crippen LogP contribution in [0.4, 0.5) is 0 Å². The molecule has 0 spiro atoms. The number of hydrogen-bond donors (Lipinski definition) is 0. The van der Waals surface area contributed by atoms with Crippen LogP contribution in [0.5, 0.6) is 0 Å². The lowest BCUT2D eigenvalue weighted by Crippen LogP contribution is -1.83. The van der Waals surface area contributed by atoms with Crippen molar-refractivity contribution in [3.63, 3.8) is 0 Å². The van der Waals surface area contributed by atoms with Gasteiger partial charge in [0.25, 0.3) is 7.42 Å². The Labute approximate surface area is 43.1 Å². The fourth-order valence-electron chi connectivity index (χ4n) is 0. The first kappa shape index (κ1) is 5.80. The second-order valence-electron chi connectivity index (χ2n) is 0.692. The van der Waals surface area contributed by atoms with Crippen molar-refractivity contribution in [3.05, 3.63) is 0 Å². The maximum atomic E-state index is 5.33. The maximum Gasteiger partial charge on any atom is 0.273 e. The molecule has 0 heterocycles. The van der Waals surface area contributed by atoms with E-state index in [9.17, 15) is 0 Å². The van der Waals surface area contributed by atoms with Crippen LogP contribution in [-0.2, 0) is 0 Å². The smallest absolute Gasteiger partial charge is 0.147 e. The number of rotatable bonds is 1. The molecule has 0 aliphatic rings. The van der Waals surface area contributed by atoms with Gasteiger partial charge in [-0.25, -0.2) is 0 Å². The summed E-state index contributed by atoms with van der Waals surface area (Å²) >= 11 is 10.7. The van der Waals surface area contributed by atoms with Crippen molar-refractivity contribution in [3.8, 4) is 0 Å². The van der Waals surface area contributed by atoms with E-state index in [1.807, 2.05) is 6.92 Å². The van der Waals surface area contributed by atoms with E-state index in [-0.39, 0.29) is 0 Å². The molecule has 0 aliphatic carbocycles. The van der Waals surface area contributed by atoms with Crippen molar-refractivity contribution in [2.24, 2.45) is 0 Å². The zero-order valence-electron chi connectivity index (χ0n) is 2.96. The molecule has 0 saturated carbocycles. The van der Waals surface area contributed by atoms with Crippen molar-refractivity contribution in [1.82, 2.24) is 0 Å². The monoisotopic (exact) mass is 127 g/mol. The number of hydrogen-bond acceptors (Lipinski definition) is 0. The second-order valence-corrected chi connectivity index (χ2v) is 5.39. The Kier molecular flexibility index (Phi) is 3.48. The summed E-state index contributed by atoms with van der Waals surface area (Å²) in [6.45, 7) is 1.98. The van der Waals surface area contributed by atoms with Crippen molar-refractivity contribution < 1.29 is 0 Å². The number of halogens is 2. The summed E-state index contributed by atoms with van der Waals surface area (Å²) in [5, 5.41) is 0. The zero-order valence-corrected chi connectivity index (χ0v) is 5.47. The van der Waals surface area contributed by atoms with Gasteiger partial charge in [-0.3, -0.25) is 0 Å². The fourth-order valence-corrected chi connectivity index (χ4v) is 0. The fraction of sp³-hybridized carbons (Fsp3) is 1.00. The average Bonchev–Trinajstić information content (AvgIpc) is 1.38. The van der Waals surface area contributed by atoms with Gasteiger partial charge < -0.3 is 0 Å². The van der Waals surface area contributed by atoms with Crippen molar-refractivity contribution in [2.75, 3.05) is 0 Å². The highest BCUT2D eigenvalue weighted by Crippen LogP contribution is 1.98. The third-order valence-electron chi connectivity index (χ3n) is 0.267. The van der Waals surface area contributed by atoms with Gasteiger partial charge in [-0.2, -0.15) is 0 Å². The Bertz CT molecular complexity index is 21.6. The van der Waals surface area contributed by atoms with Gasteiger partial charge in [0, 0.05) is 0 Å². The molecule has 0 fully saturated rings. The van der Waals surface area contributed by atoms with Gasteiger partial charge in [-0.15, -0.1) is 22.2 Å². The lowest BCUT2D eigenvalue weighted by molar-refractivity contribution is 1.47. The van der Waals surface area contributed by atoms with Gasteiger partial charge >= 0.3 is 0 Å². The molecule has 0 saturated heterocycles. The minimum Gasteiger partial charge on any atom is -0.147 e. The Morgan fingerprint density at radius 3 is 1.80 bits per heavy atom. The highest BCUT2D eigenvalue weighted by atomic mass is 35.7. The van der Waals surface area contributed by atoms with E-state index in [1.54, 1.807) is 0 Å². The van der Waals surface area contributed by atoms with E-state index in [0.29, 0.717) is 0 Å². The summed E-state index contributed by atoms with van der Waals surface area (Å²) in [5.41, 5.74) is 0. The first-order valence-corrected chi connectivity index (χ1v) is 5.17. The van der Waals surface area contributed by atoms with Gasteiger partial charge in [0.05, 0.1) is 0 Å². The highest BCUT2D eigenvalue weighted by Gasteiger charge is 1.93. The molecular formula is C2H5Cl2Si. The van der Waals surface area contributed by atoms with Crippen LogP contribution in [0.2, 0.25) is 6.04 Å². The molecule has 3 heteroatoms. The Morgan fingerprint density at radius 1 is 1.60 bits per heavy atom. The molecule has 0 N–H and O–H groups in total. The van der Waals surface area contributed by atoms with Crippen LogP contribution in [0.25, 0.3) is 0 Å². The van der Waals surface area contributed by atoms with Crippen LogP contribution >= 0.6 is 22.2 Å². The first-order valence-electron chi connectivity index (χ1n) is 1.44. The zero-order chi connectivity index (χ0) is 4.28. The molecule has 0 rings (SSSR count). The molecule has 5 heavy (non-hydrogen) atoms. The van der Waals surface area contributed by atoms with Crippen LogP contribution in [0.3, 0.4) is 0 Å². The second kappa shape index (κ2) is 3.01. The minimum atomic E-state index is -0.930. The standard InChI is InChI=1S/C2H5Cl2Si/c1-2-5(3)4/h2H2,1H3. The Hall–Kier alpha value is 0.797. The summed E-state index contributed by atoms with van der Waals surface area (Å²) in [5.74, 6) is 0. The summed E-state index contributed by atoms with van der Waals surface area (Å²) in [7, 11) is -0.930. The molecule has 0 aromatic rings. The van der Waals surface area contributed by atoms with Gasteiger partial charge in [0.2, 0.25) is 0 Å². The maximum absolute atomic E-state index is 5.33. The molecule has 1 radical (unpaired) electrons. The van der Waals surface area contributed by atoms with Crippen LogP contribution in [0.15, 0.2) is 0 Å². The topological polar surface area (TPSA) is 0 Å². The largest absolute Gasteiger partial charge is 0.273 e. The van der Waals surface area contributed by atoms with Gasteiger partial charge in [-0.1, -0.05) is 6.92 Å². The predicted molar refractivity (Wildman–Crippen MR) is 27.9 cm³/mol. The van der Waals surface area contributed by atoms with E-state index in [2.05, 4.69) is 0 Å². The Morgan fingerprint density at radius 2 is 1.80 bits per heavy atom. The van der Waals surface area contributed by atoms with Gasteiger partial charge in [0.15, 0.2) is 0 Å². The highest BCUT2D eigenvalue weighted by molar-refractivity contribution is 7.33. The van der Waals surface area contributed by atoms with E-state index in [1.165, 1.54) is 0 Å². The lowest BCUT2D eigenvalue weighted by atomic mass is 11.0. The van der Waals surface area contributed by atoms with E-state index in [4.69, 9.17) is 22.2 Å². The SMILES string of the molecule is CC[Si](Cl)Cl. The van der Waals surface area contributed by atoms with Crippen molar-refractivity contribution in [2.45, 2.75) is 13.0 Å². The summed E-state index contributed by atoms with van der Waals surface area (Å²) < 4.78 is 0. The van der Waals surface area contributed by atoms with Gasteiger partial charge in [0.1, 0.15) is 0 Å². The van der Waals surface area contributed by atoms with E-state index < -0.39 is 7.42 Å².